The summed E-state index contributed by atoms with van der Waals surface area (Å²) in [5.74, 6) is 1.05. The third-order valence-corrected chi connectivity index (χ3v) is 3.66. The van der Waals surface area contributed by atoms with E-state index in [1.165, 1.54) is 12.3 Å². The number of aliphatic hydroxyl groups is 1. The lowest BCUT2D eigenvalue weighted by Gasteiger charge is -2.25. The number of anilines is 1. The van der Waals surface area contributed by atoms with Gasteiger partial charge in [-0.2, -0.15) is 0 Å². The van der Waals surface area contributed by atoms with E-state index in [-0.39, 0.29) is 16.7 Å². The number of nitro groups is 1. The first-order valence-electron chi connectivity index (χ1n) is 6.59. The number of rotatable bonds is 4. The van der Waals surface area contributed by atoms with Crippen molar-refractivity contribution in [1.82, 2.24) is 4.98 Å². The normalized spacial score (nSPS) is 23.1. The lowest BCUT2D eigenvalue weighted by molar-refractivity contribution is -0.385. The predicted molar refractivity (Wildman–Crippen MR) is 72.1 cm³/mol. The summed E-state index contributed by atoms with van der Waals surface area (Å²) in [5, 5.41) is 23.4. The summed E-state index contributed by atoms with van der Waals surface area (Å²) in [5.41, 5.74) is 0.660. The van der Waals surface area contributed by atoms with E-state index in [0.717, 1.165) is 32.2 Å². The number of nitrogens with one attached hydrogen (secondary N) is 1. The third kappa shape index (κ3) is 3.64. The molecule has 0 radical (unpaired) electrons. The van der Waals surface area contributed by atoms with E-state index >= 15 is 0 Å². The molecule has 1 aliphatic carbocycles. The Balaban J connectivity index is 1.92. The van der Waals surface area contributed by atoms with Crippen LogP contribution in [0.3, 0.4) is 0 Å². The summed E-state index contributed by atoms with van der Waals surface area (Å²) in [6.45, 7) is 2.43. The minimum absolute atomic E-state index is 0.0940. The van der Waals surface area contributed by atoms with Crippen LogP contribution >= 0.6 is 0 Å². The van der Waals surface area contributed by atoms with Crippen LogP contribution in [-0.4, -0.2) is 27.7 Å². The Kier molecular flexibility index (Phi) is 4.31. The second kappa shape index (κ2) is 5.97. The van der Waals surface area contributed by atoms with Gasteiger partial charge < -0.3 is 10.4 Å². The molecule has 6 nitrogen and oxygen atoms in total. The van der Waals surface area contributed by atoms with Gasteiger partial charge in [-0.15, -0.1) is 0 Å². The largest absolute Gasteiger partial charge is 0.393 e. The molecule has 1 fully saturated rings. The monoisotopic (exact) mass is 265 g/mol. The van der Waals surface area contributed by atoms with Crippen LogP contribution in [0.5, 0.6) is 0 Å². The molecule has 0 aromatic carbocycles. The molecule has 0 saturated heterocycles. The Bertz CT molecular complexity index is 456. The Morgan fingerprint density at radius 3 is 2.79 bits per heavy atom. The smallest absolute Gasteiger partial charge is 0.277 e. The van der Waals surface area contributed by atoms with Crippen LogP contribution in [0.2, 0.25) is 0 Å². The zero-order valence-corrected chi connectivity index (χ0v) is 11.0. The molecular weight excluding hydrogens is 246 g/mol. The van der Waals surface area contributed by atoms with Gasteiger partial charge >= 0.3 is 0 Å². The maximum absolute atomic E-state index is 10.8. The molecule has 2 rings (SSSR count). The number of aromatic nitrogens is 1. The minimum Gasteiger partial charge on any atom is -0.393 e. The molecule has 19 heavy (non-hydrogen) atoms. The topological polar surface area (TPSA) is 88.3 Å². The minimum atomic E-state index is -0.390. The van der Waals surface area contributed by atoms with E-state index in [1.807, 2.05) is 0 Å². The quantitative estimate of drug-likeness (QED) is 0.644. The summed E-state index contributed by atoms with van der Waals surface area (Å²) in [7, 11) is 0. The van der Waals surface area contributed by atoms with E-state index in [4.69, 9.17) is 0 Å². The lowest BCUT2D eigenvalue weighted by Crippen LogP contribution is -2.23. The van der Waals surface area contributed by atoms with Gasteiger partial charge in [-0.1, -0.05) is 0 Å². The Morgan fingerprint density at radius 1 is 1.47 bits per heavy atom. The van der Waals surface area contributed by atoms with Crippen LogP contribution in [0.25, 0.3) is 0 Å². The van der Waals surface area contributed by atoms with Crippen molar-refractivity contribution in [2.75, 3.05) is 11.9 Å². The molecule has 1 aromatic rings. The maximum Gasteiger partial charge on any atom is 0.277 e. The Hall–Kier alpha value is -1.69. The predicted octanol–water partition coefficient (Wildman–Crippen LogP) is 2.26. The summed E-state index contributed by atoms with van der Waals surface area (Å²) in [4.78, 5) is 14.6. The molecular formula is C13H19N3O3. The van der Waals surface area contributed by atoms with Gasteiger partial charge in [0.05, 0.1) is 17.1 Å². The molecule has 1 saturated carbocycles. The van der Waals surface area contributed by atoms with Gasteiger partial charge in [0, 0.05) is 18.3 Å². The van der Waals surface area contributed by atoms with Crippen molar-refractivity contribution in [1.29, 1.82) is 0 Å². The lowest BCUT2D eigenvalue weighted by atomic mass is 9.87. The molecule has 0 atom stereocenters. The number of aliphatic hydroxyl groups excluding tert-OH is 1. The third-order valence-electron chi connectivity index (χ3n) is 3.66. The van der Waals surface area contributed by atoms with Crippen molar-refractivity contribution in [3.63, 3.8) is 0 Å². The second-order valence-electron chi connectivity index (χ2n) is 5.17. The molecule has 6 heteroatoms. The van der Waals surface area contributed by atoms with Gasteiger partial charge in [-0.05, 0) is 38.5 Å². The first kappa shape index (κ1) is 13.7. The zero-order chi connectivity index (χ0) is 13.8. The Labute approximate surface area is 112 Å². The van der Waals surface area contributed by atoms with E-state index in [2.05, 4.69) is 10.3 Å². The molecule has 1 heterocycles. The number of hydrogen-bond acceptors (Lipinski definition) is 5. The molecule has 0 spiro atoms. The summed E-state index contributed by atoms with van der Waals surface area (Å²) >= 11 is 0. The highest BCUT2D eigenvalue weighted by Gasteiger charge is 2.19. The number of pyridine rings is 1. The van der Waals surface area contributed by atoms with Crippen LogP contribution in [0.4, 0.5) is 11.5 Å². The van der Waals surface area contributed by atoms with Gasteiger partial charge in [-0.3, -0.25) is 10.1 Å². The molecule has 1 aliphatic rings. The van der Waals surface area contributed by atoms with Crippen LogP contribution in [0.1, 0.15) is 31.2 Å². The molecule has 0 amide bonds. The second-order valence-corrected chi connectivity index (χ2v) is 5.17. The highest BCUT2D eigenvalue weighted by Crippen LogP contribution is 2.25. The molecule has 0 bridgehead atoms. The van der Waals surface area contributed by atoms with Crippen molar-refractivity contribution in [3.05, 3.63) is 27.9 Å². The first-order valence-corrected chi connectivity index (χ1v) is 6.59. The summed E-state index contributed by atoms with van der Waals surface area (Å²) in [6, 6.07) is 1.48. The zero-order valence-electron chi connectivity index (χ0n) is 11.0. The fraction of sp³-hybridized carbons (Fsp3) is 0.615. The molecule has 0 unspecified atom stereocenters. The average molecular weight is 265 g/mol. The van der Waals surface area contributed by atoms with Crippen LogP contribution in [-0.2, 0) is 0 Å². The number of aryl methyl sites for hydroxylation is 1. The highest BCUT2D eigenvalue weighted by molar-refractivity contribution is 5.48. The molecule has 0 aliphatic heterocycles. The standard InChI is InChI=1S/C13H19N3O3/c1-9-7-14-13(6-12(9)16(18)19)15-8-10-2-4-11(17)5-3-10/h6-7,10-11,17H,2-5,8H2,1H3,(H,14,15). The van der Waals surface area contributed by atoms with E-state index < -0.39 is 0 Å². The van der Waals surface area contributed by atoms with Gasteiger partial charge in [0.2, 0.25) is 0 Å². The fourth-order valence-electron chi connectivity index (χ4n) is 2.40. The van der Waals surface area contributed by atoms with E-state index in [9.17, 15) is 15.2 Å². The van der Waals surface area contributed by atoms with E-state index in [1.54, 1.807) is 6.92 Å². The van der Waals surface area contributed by atoms with Crippen molar-refractivity contribution in [2.24, 2.45) is 5.92 Å². The highest BCUT2D eigenvalue weighted by atomic mass is 16.6. The number of nitrogens with zero attached hydrogens (tertiary/aromatic N) is 2. The average Bonchev–Trinajstić information content (AvgIpc) is 2.39. The summed E-state index contributed by atoms with van der Waals surface area (Å²) < 4.78 is 0. The van der Waals surface area contributed by atoms with Crippen LogP contribution in [0, 0.1) is 23.0 Å². The Morgan fingerprint density at radius 2 is 2.16 bits per heavy atom. The van der Waals surface area contributed by atoms with E-state index in [0.29, 0.717) is 17.3 Å². The molecule has 2 N–H and O–H groups in total. The number of hydrogen-bond donors (Lipinski definition) is 2. The van der Waals surface area contributed by atoms with Crippen molar-refractivity contribution >= 4 is 11.5 Å². The van der Waals surface area contributed by atoms with Crippen molar-refractivity contribution in [2.45, 2.75) is 38.7 Å². The van der Waals surface area contributed by atoms with Crippen LogP contribution < -0.4 is 5.32 Å². The van der Waals surface area contributed by atoms with Gasteiger partial charge in [0.15, 0.2) is 0 Å². The first-order chi connectivity index (χ1) is 9.06. The fourth-order valence-corrected chi connectivity index (χ4v) is 2.40. The SMILES string of the molecule is Cc1cnc(NCC2CCC(O)CC2)cc1[N+](=O)[O-]. The van der Waals surface area contributed by atoms with Crippen molar-refractivity contribution < 1.29 is 10.0 Å². The summed E-state index contributed by atoms with van der Waals surface area (Å²) in [6.07, 6.45) is 5.02. The van der Waals surface area contributed by atoms with Gasteiger partial charge in [0.25, 0.3) is 5.69 Å². The van der Waals surface area contributed by atoms with Gasteiger partial charge in [-0.25, -0.2) is 4.98 Å². The maximum atomic E-state index is 10.8. The molecule has 1 aromatic heterocycles. The van der Waals surface area contributed by atoms with Gasteiger partial charge in [0.1, 0.15) is 5.82 Å². The van der Waals surface area contributed by atoms with Crippen LogP contribution in [0.15, 0.2) is 12.3 Å². The molecule has 104 valence electrons. The van der Waals surface area contributed by atoms with Crippen molar-refractivity contribution in [3.8, 4) is 0 Å².